The van der Waals surface area contributed by atoms with Gasteiger partial charge < -0.3 is 15.0 Å². The van der Waals surface area contributed by atoms with Crippen molar-refractivity contribution >= 4 is 29.1 Å². The van der Waals surface area contributed by atoms with Crippen LogP contribution < -0.4 is 10.1 Å². The first kappa shape index (κ1) is 15.9. The molecule has 1 saturated carbocycles. The van der Waals surface area contributed by atoms with E-state index in [1.165, 1.54) is 12.8 Å². The van der Waals surface area contributed by atoms with Crippen molar-refractivity contribution in [1.82, 2.24) is 10.2 Å². The molecule has 0 spiro atoms. The molecule has 1 saturated heterocycles. The average Bonchev–Trinajstić information content (AvgIpc) is 3.34. The minimum Gasteiger partial charge on any atom is -0.482 e. The molecule has 4 nitrogen and oxygen atoms in total. The zero-order valence-electron chi connectivity index (χ0n) is 12.4. The van der Waals surface area contributed by atoms with Gasteiger partial charge in [0, 0.05) is 36.3 Å². The number of ether oxygens (including phenoxy) is 1. The maximum atomic E-state index is 12.0. The van der Waals surface area contributed by atoms with Crippen LogP contribution in [0.25, 0.3) is 0 Å². The summed E-state index contributed by atoms with van der Waals surface area (Å²) in [7, 11) is 0. The molecular formula is C16H20Cl2N2O2. The number of piperidine rings is 1. The number of amides is 1. The number of carbonyl (C=O) groups excluding carboxylic acids is 1. The molecular weight excluding hydrogens is 323 g/mol. The number of nitrogens with zero attached hydrogens (tertiary/aromatic N) is 1. The van der Waals surface area contributed by atoms with Gasteiger partial charge in [-0.3, -0.25) is 4.79 Å². The van der Waals surface area contributed by atoms with Crippen molar-refractivity contribution in [2.75, 3.05) is 19.7 Å². The van der Waals surface area contributed by atoms with E-state index in [1.807, 2.05) is 0 Å². The molecule has 1 aromatic rings. The molecule has 1 aliphatic carbocycles. The Kier molecular flexibility index (Phi) is 5.11. The van der Waals surface area contributed by atoms with Gasteiger partial charge >= 0.3 is 0 Å². The Morgan fingerprint density at radius 3 is 2.64 bits per heavy atom. The van der Waals surface area contributed by atoms with Crippen LogP contribution in [0.4, 0.5) is 0 Å². The first-order chi connectivity index (χ1) is 10.6. The van der Waals surface area contributed by atoms with Crippen LogP contribution in [-0.4, -0.2) is 42.6 Å². The number of likely N-dealkylation sites (tertiary alicyclic amines) is 1. The number of nitrogens with one attached hydrogen (secondary N) is 1. The van der Waals surface area contributed by atoms with Crippen molar-refractivity contribution in [2.45, 2.75) is 37.8 Å². The topological polar surface area (TPSA) is 41.6 Å². The lowest BCUT2D eigenvalue weighted by Gasteiger charge is -2.32. The Hall–Kier alpha value is -0.970. The number of carbonyl (C=O) groups is 1. The normalized spacial score (nSPS) is 19.9. The van der Waals surface area contributed by atoms with Gasteiger partial charge in [0.1, 0.15) is 5.75 Å². The van der Waals surface area contributed by atoms with Gasteiger partial charge in [-0.15, -0.1) is 0 Å². The van der Waals surface area contributed by atoms with E-state index in [1.54, 1.807) is 18.2 Å². The molecule has 6 heteroatoms. The molecule has 0 bridgehead atoms. The number of hydrogen-bond acceptors (Lipinski definition) is 3. The van der Waals surface area contributed by atoms with E-state index in [0.29, 0.717) is 15.8 Å². The third-order valence-corrected chi connectivity index (χ3v) is 4.76. The quantitative estimate of drug-likeness (QED) is 0.893. The molecule has 1 heterocycles. The first-order valence-electron chi connectivity index (χ1n) is 7.73. The zero-order valence-corrected chi connectivity index (χ0v) is 13.9. The van der Waals surface area contributed by atoms with Crippen molar-refractivity contribution < 1.29 is 9.53 Å². The molecule has 1 aliphatic heterocycles. The zero-order chi connectivity index (χ0) is 15.5. The Bertz CT molecular complexity index is 541. The van der Waals surface area contributed by atoms with Crippen LogP contribution in [-0.2, 0) is 4.79 Å². The third-order valence-electron chi connectivity index (χ3n) is 4.21. The van der Waals surface area contributed by atoms with Crippen LogP contribution in [0.1, 0.15) is 25.7 Å². The highest BCUT2D eigenvalue weighted by atomic mass is 35.5. The number of benzene rings is 1. The molecule has 3 rings (SSSR count). The van der Waals surface area contributed by atoms with Gasteiger partial charge in [-0.2, -0.15) is 0 Å². The average molecular weight is 343 g/mol. The highest BCUT2D eigenvalue weighted by Gasteiger charge is 2.32. The summed E-state index contributed by atoms with van der Waals surface area (Å²) in [5.74, 6) is 0.328. The SMILES string of the molecule is O=C(COc1cc(Cl)ccc1Cl)NC1CCN(C2CC2)CC1. The van der Waals surface area contributed by atoms with Gasteiger partial charge in [-0.1, -0.05) is 23.2 Å². The Morgan fingerprint density at radius 2 is 1.95 bits per heavy atom. The first-order valence-corrected chi connectivity index (χ1v) is 8.48. The van der Waals surface area contributed by atoms with Crippen molar-refractivity contribution in [3.05, 3.63) is 28.2 Å². The standard InChI is InChI=1S/C16H20Cl2N2O2/c17-11-1-4-14(18)15(9-11)22-10-16(21)19-12-5-7-20(8-6-12)13-2-3-13/h1,4,9,12-13H,2-3,5-8,10H2,(H,19,21). The summed E-state index contributed by atoms with van der Waals surface area (Å²) in [6, 6.07) is 6.02. The van der Waals surface area contributed by atoms with E-state index < -0.39 is 0 Å². The third kappa shape index (κ3) is 4.28. The monoisotopic (exact) mass is 342 g/mol. The van der Waals surface area contributed by atoms with E-state index in [4.69, 9.17) is 27.9 Å². The summed E-state index contributed by atoms with van der Waals surface area (Å²) in [6.07, 6.45) is 4.71. The van der Waals surface area contributed by atoms with Crippen molar-refractivity contribution in [1.29, 1.82) is 0 Å². The summed E-state index contributed by atoms with van der Waals surface area (Å²) in [5, 5.41) is 4.02. The van der Waals surface area contributed by atoms with Crippen LogP contribution >= 0.6 is 23.2 Å². The Balaban J connectivity index is 1.41. The Morgan fingerprint density at radius 1 is 1.23 bits per heavy atom. The molecule has 22 heavy (non-hydrogen) atoms. The molecule has 1 aromatic carbocycles. The highest BCUT2D eigenvalue weighted by molar-refractivity contribution is 6.34. The molecule has 2 fully saturated rings. The van der Waals surface area contributed by atoms with Crippen molar-refractivity contribution in [2.24, 2.45) is 0 Å². The smallest absolute Gasteiger partial charge is 0.258 e. The maximum Gasteiger partial charge on any atom is 0.258 e. The lowest BCUT2D eigenvalue weighted by molar-refractivity contribution is -0.124. The summed E-state index contributed by atoms with van der Waals surface area (Å²) >= 11 is 11.9. The molecule has 1 amide bonds. The van der Waals surface area contributed by atoms with Crippen LogP contribution in [0.2, 0.25) is 10.0 Å². The second-order valence-electron chi connectivity index (χ2n) is 5.97. The summed E-state index contributed by atoms with van der Waals surface area (Å²) in [4.78, 5) is 14.5. The maximum absolute atomic E-state index is 12.0. The predicted molar refractivity (Wildman–Crippen MR) is 87.7 cm³/mol. The van der Waals surface area contributed by atoms with E-state index in [0.717, 1.165) is 32.0 Å². The molecule has 120 valence electrons. The summed E-state index contributed by atoms with van der Waals surface area (Å²) < 4.78 is 5.45. The molecule has 0 aromatic heterocycles. The number of rotatable bonds is 5. The molecule has 1 N–H and O–H groups in total. The highest BCUT2D eigenvalue weighted by Crippen LogP contribution is 2.29. The lowest BCUT2D eigenvalue weighted by atomic mass is 10.0. The summed E-state index contributed by atoms with van der Waals surface area (Å²) in [5.41, 5.74) is 0. The fraction of sp³-hybridized carbons (Fsp3) is 0.562. The van der Waals surface area contributed by atoms with E-state index in [-0.39, 0.29) is 18.6 Å². The van der Waals surface area contributed by atoms with Crippen LogP contribution in [0.3, 0.4) is 0 Å². The number of halogens is 2. The fourth-order valence-electron chi connectivity index (χ4n) is 2.85. The predicted octanol–water partition coefficient (Wildman–Crippen LogP) is 3.12. The van der Waals surface area contributed by atoms with Gasteiger partial charge in [0.2, 0.25) is 0 Å². The van der Waals surface area contributed by atoms with E-state index >= 15 is 0 Å². The largest absolute Gasteiger partial charge is 0.482 e. The van der Waals surface area contributed by atoms with Gasteiger partial charge in [-0.05, 0) is 37.8 Å². The van der Waals surface area contributed by atoms with Gasteiger partial charge in [-0.25, -0.2) is 0 Å². The second-order valence-corrected chi connectivity index (χ2v) is 6.82. The van der Waals surface area contributed by atoms with E-state index in [2.05, 4.69) is 10.2 Å². The van der Waals surface area contributed by atoms with Gasteiger partial charge in [0.25, 0.3) is 5.91 Å². The fourth-order valence-corrected chi connectivity index (χ4v) is 3.18. The van der Waals surface area contributed by atoms with Crippen LogP contribution in [0.15, 0.2) is 18.2 Å². The van der Waals surface area contributed by atoms with Crippen molar-refractivity contribution in [3.63, 3.8) is 0 Å². The van der Waals surface area contributed by atoms with Gasteiger partial charge in [0.05, 0.1) is 5.02 Å². The lowest BCUT2D eigenvalue weighted by Crippen LogP contribution is -2.46. The molecule has 0 unspecified atom stereocenters. The minimum atomic E-state index is -0.110. The van der Waals surface area contributed by atoms with Gasteiger partial charge in [0.15, 0.2) is 6.61 Å². The molecule has 0 atom stereocenters. The Labute approximate surface area is 140 Å². The van der Waals surface area contributed by atoms with Crippen LogP contribution in [0, 0.1) is 0 Å². The summed E-state index contributed by atoms with van der Waals surface area (Å²) in [6.45, 7) is 2.12. The molecule has 2 aliphatic rings. The van der Waals surface area contributed by atoms with E-state index in [9.17, 15) is 4.79 Å². The molecule has 0 radical (unpaired) electrons. The second kappa shape index (κ2) is 7.07. The van der Waals surface area contributed by atoms with Crippen LogP contribution in [0.5, 0.6) is 5.75 Å². The van der Waals surface area contributed by atoms with Crippen molar-refractivity contribution in [3.8, 4) is 5.75 Å². The minimum absolute atomic E-state index is 0.0388. The number of hydrogen-bond donors (Lipinski definition) is 1.